The number of sulfonamides is 1. The SMILES string of the molecule is O=S(=O)(NCCNc1cc(N2CCOCC2)cnn1)c1ccccc1OC(F)(F)F. The first kappa shape index (κ1) is 22.1. The smallest absolute Gasteiger partial charge is 0.404 e. The molecular weight excluding hydrogens is 427 g/mol. The summed E-state index contributed by atoms with van der Waals surface area (Å²) >= 11 is 0. The largest absolute Gasteiger partial charge is 0.573 e. The highest BCUT2D eigenvalue weighted by Gasteiger charge is 2.33. The fraction of sp³-hybridized carbons (Fsp3) is 0.412. The maximum atomic E-state index is 12.5. The Morgan fingerprint density at radius 1 is 1.17 bits per heavy atom. The number of nitrogens with zero attached hydrogens (tertiary/aromatic N) is 3. The fourth-order valence-electron chi connectivity index (χ4n) is 2.77. The molecule has 0 unspecified atom stereocenters. The Kier molecular flexibility index (Phi) is 6.95. The number of para-hydroxylation sites is 1. The molecule has 0 amide bonds. The molecular formula is C17H20F3N5O4S. The van der Waals surface area contributed by atoms with Crippen LogP contribution in [0.15, 0.2) is 41.4 Å². The van der Waals surface area contributed by atoms with Crippen LogP contribution in [0.3, 0.4) is 0 Å². The van der Waals surface area contributed by atoms with E-state index in [9.17, 15) is 21.6 Å². The van der Waals surface area contributed by atoms with Gasteiger partial charge in [-0.25, -0.2) is 13.1 Å². The lowest BCUT2D eigenvalue weighted by molar-refractivity contribution is -0.275. The summed E-state index contributed by atoms with van der Waals surface area (Å²) in [6.45, 7) is 2.74. The predicted octanol–water partition coefficient (Wildman–Crippen LogP) is 1.60. The summed E-state index contributed by atoms with van der Waals surface area (Å²) in [5.74, 6) is -0.353. The van der Waals surface area contributed by atoms with Crippen LogP contribution in [0.25, 0.3) is 0 Å². The van der Waals surface area contributed by atoms with Crippen molar-refractivity contribution in [3.05, 3.63) is 36.5 Å². The lowest BCUT2D eigenvalue weighted by Gasteiger charge is -2.28. The van der Waals surface area contributed by atoms with Crippen LogP contribution in [-0.2, 0) is 14.8 Å². The Morgan fingerprint density at radius 3 is 2.63 bits per heavy atom. The molecule has 1 fully saturated rings. The van der Waals surface area contributed by atoms with Crippen molar-refractivity contribution in [2.24, 2.45) is 0 Å². The van der Waals surface area contributed by atoms with Crippen molar-refractivity contribution < 1.29 is 31.1 Å². The van der Waals surface area contributed by atoms with E-state index in [1.807, 2.05) is 0 Å². The zero-order valence-corrected chi connectivity index (χ0v) is 16.5. The minimum Gasteiger partial charge on any atom is -0.404 e. The van der Waals surface area contributed by atoms with Gasteiger partial charge in [0, 0.05) is 32.2 Å². The number of alkyl halides is 3. The first-order valence-corrected chi connectivity index (χ1v) is 10.5. The van der Waals surface area contributed by atoms with Gasteiger partial charge >= 0.3 is 6.36 Å². The van der Waals surface area contributed by atoms with Gasteiger partial charge in [0.05, 0.1) is 25.1 Å². The fourth-order valence-corrected chi connectivity index (χ4v) is 3.93. The lowest BCUT2D eigenvalue weighted by Crippen LogP contribution is -2.36. The number of anilines is 2. The number of ether oxygens (including phenoxy) is 2. The van der Waals surface area contributed by atoms with Gasteiger partial charge in [0.2, 0.25) is 10.0 Å². The second-order valence-corrected chi connectivity index (χ2v) is 7.95. The summed E-state index contributed by atoms with van der Waals surface area (Å²) in [7, 11) is -4.22. The van der Waals surface area contributed by atoms with Crippen LogP contribution in [0.4, 0.5) is 24.7 Å². The van der Waals surface area contributed by atoms with E-state index in [0.717, 1.165) is 30.9 Å². The van der Waals surface area contributed by atoms with E-state index in [0.29, 0.717) is 19.0 Å². The zero-order chi connectivity index (χ0) is 21.6. The number of morpholine rings is 1. The van der Waals surface area contributed by atoms with Crippen molar-refractivity contribution >= 4 is 21.5 Å². The average molecular weight is 447 g/mol. The van der Waals surface area contributed by atoms with Gasteiger partial charge in [-0.3, -0.25) is 0 Å². The van der Waals surface area contributed by atoms with Crippen LogP contribution in [-0.4, -0.2) is 64.4 Å². The summed E-state index contributed by atoms with van der Waals surface area (Å²) < 4.78 is 73.6. The molecule has 13 heteroatoms. The van der Waals surface area contributed by atoms with Gasteiger partial charge < -0.3 is 19.7 Å². The monoisotopic (exact) mass is 447 g/mol. The number of rotatable bonds is 8. The molecule has 1 aliphatic heterocycles. The van der Waals surface area contributed by atoms with E-state index < -0.39 is 27.0 Å². The first-order chi connectivity index (χ1) is 14.2. The third kappa shape index (κ3) is 6.18. The molecule has 0 atom stereocenters. The Morgan fingerprint density at radius 2 is 1.90 bits per heavy atom. The number of halogens is 3. The summed E-state index contributed by atoms with van der Waals surface area (Å²) in [6, 6.07) is 6.31. The first-order valence-electron chi connectivity index (χ1n) is 8.98. The second-order valence-electron chi connectivity index (χ2n) is 6.22. The zero-order valence-electron chi connectivity index (χ0n) is 15.7. The van der Waals surface area contributed by atoms with Crippen LogP contribution in [0.2, 0.25) is 0 Å². The van der Waals surface area contributed by atoms with Crippen molar-refractivity contribution in [3.8, 4) is 5.75 Å². The molecule has 1 aliphatic rings. The minimum atomic E-state index is -5.00. The van der Waals surface area contributed by atoms with Crippen LogP contribution in [0, 0.1) is 0 Å². The summed E-state index contributed by atoms with van der Waals surface area (Å²) in [4.78, 5) is 1.49. The third-order valence-electron chi connectivity index (χ3n) is 4.10. The molecule has 2 N–H and O–H groups in total. The summed E-state index contributed by atoms with van der Waals surface area (Å²) in [5.41, 5.74) is 0.856. The Bertz CT molecular complexity index is 952. The normalized spacial score (nSPS) is 15.1. The highest BCUT2D eigenvalue weighted by atomic mass is 32.2. The molecule has 3 rings (SSSR count). The van der Waals surface area contributed by atoms with Crippen LogP contribution in [0.5, 0.6) is 5.75 Å². The van der Waals surface area contributed by atoms with Crippen LogP contribution < -0.4 is 19.7 Å². The van der Waals surface area contributed by atoms with Gasteiger partial charge in [0.25, 0.3) is 0 Å². The molecule has 30 heavy (non-hydrogen) atoms. The molecule has 164 valence electrons. The van der Waals surface area contributed by atoms with E-state index in [2.05, 4.69) is 29.9 Å². The number of hydrogen-bond donors (Lipinski definition) is 2. The number of benzene rings is 1. The predicted molar refractivity (Wildman–Crippen MR) is 102 cm³/mol. The van der Waals surface area contributed by atoms with Gasteiger partial charge in [-0.05, 0) is 12.1 Å². The van der Waals surface area contributed by atoms with E-state index in [1.54, 1.807) is 12.3 Å². The Hall–Kier alpha value is -2.64. The molecule has 1 saturated heterocycles. The second kappa shape index (κ2) is 9.45. The summed E-state index contributed by atoms with van der Waals surface area (Å²) in [5, 5.41) is 10.8. The molecule has 1 aromatic carbocycles. The average Bonchev–Trinajstić information content (AvgIpc) is 2.71. The van der Waals surface area contributed by atoms with E-state index in [4.69, 9.17) is 4.74 Å². The van der Waals surface area contributed by atoms with E-state index in [1.165, 1.54) is 12.1 Å². The minimum absolute atomic E-state index is 0.0911. The van der Waals surface area contributed by atoms with E-state index >= 15 is 0 Å². The molecule has 1 aromatic heterocycles. The number of nitrogens with one attached hydrogen (secondary N) is 2. The van der Waals surface area contributed by atoms with Crippen molar-refractivity contribution in [2.45, 2.75) is 11.3 Å². The quantitative estimate of drug-likeness (QED) is 0.588. The van der Waals surface area contributed by atoms with Gasteiger partial charge in [-0.2, -0.15) is 5.10 Å². The standard InChI is InChI=1S/C17H20F3N5O4S/c18-17(19,20)29-14-3-1-2-4-15(14)30(26,27)23-6-5-21-16-11-13(12-22-24-16)25-7-9-28-10-8-25/h1-4,11-12,23H,5-10H2,(H,21,24). The molecule has 0 spiro atoms. The number of hydrogen-bond acceptors (Lipinski definition) is 8. The Balaban J connectivity index is 1.57. The molecule has 0 saturated carbocycles. The molecule has 2 aromatic rings. The van der Waals surface area contributed by atoms with Crippen LogP contribution >= 0.6 is 0 Å². The van der Waals surface area contributed by atoms with Gasteiger partial charge in [-0.15, -0.1) is 18.3 Å². The highest BCUT2D eigenvalue weighted by Crippen LogP contribution is 2.29. The molecule has 0 bridgehead atoms. The Labute approximate surface area is 171 Å². The van der Waals surface area contributed by atoms with Crippen molar-refractivity contribution in [2.75, 3.05) is 49.6 Å². The van der Waals surface area contributed by atoms with Crippen molar-refractivity contribution in [1.82, 2.24) is 14.9 Å². The highest BCUT2D eigenvalue weighted by molar-refractivity contribution is 7.89. The maximum Gasteiger partial charge on any atom is 0.573 e. The number of aromatic nitrogens is 2. The van der Waals surface area contributed by atoms with Gasteiger partial charge in [0.1, 0.15) is 10.6 Å². The summed E-state index contributed by atoms with van der Waals surface area (Å²) in [6.07, 6.45) is -3.38. The topological polar surface area (TPSA) is 106 Å². The molecule has 9 nitrogen and oxygen atoms in total. The van der Waals surface area contributed by atoms with Crippen molar-refractivity contribution in [3.63, 3.8) is 0 Å². The lowest BCUT2D eigenvalue weighted by atomic mass is 10.3. The maximum absolute atomic E-state index is 12.5. The van der Waals surface area contributed by atoms with Gasteiger partial charge in [0.15, 0.2) is 5.82 Å². The van der Waals surface area contributed by atoms with Crippen molar-refractivity contribution in [1.29, 1.82) is 0 Å². The third-order valence-corrected chi connectivity index (χ3v) is 5.60. The van der Waals surface area contributed by atoms with Gasteiger partial charge in [-0.1, -0.05) is 12.1 Å². The molecule has 2 heterocycles. The molecule has 0 radical (unpaired) electrons. The van der Waals surface area contributed by atoms with Crippen LogP contribution in [0.1, 0.15) is 0 Å². The van der Waals surface area contributed by atoms with E-state index in [-0.39, 0.29) is 13.1 Å². The molecule has 0 aliphatic carbocycles.